The zero-order valence-corrected chi connectivity index (χ0v) is 19.1. The summed E-state index contributed by atoms with van der Waals surface area (Å²) < 4.78 is 37.7. The van der Waals surface area contributed by atoms with Crippen LogP contribution in [0.25, 0.3) is 11.1 Å². The number of benzene rings is 2. The molecule has 9 nitrogen and oxygen atoms in total. The number of sulfonamides is 1. The quantitative estimate of drug-likeness (QED) is 0.445. The fraction of sp³-hybridized carbons (Fsp3) is 0.273. The van der Waals surface area contributed by atoms with Crippen LogP contribution in [0.5, 0.6) is 11.5 Å². The first-order valence-electron chi connectivity index (χ1n) is 10.1. The van der Waals surface area contributed by atoms with E-state index in [0.717, 1.165) is 28.5 Å². The normalized spacial score (nSPS) is 11.2. The monoisotopic (exact) mass is 457 g/mol. The maximum absolute atomic E-state index is 11.7. The summed E-state index contributed by atoms with van der Waals surface area (Å²) in [4.78, 5) is 8.04. The largest absolute Gasteiger partial charge is 0.493 e. The molecule has 5 N–H and O–H groups in total. The predicted molar refractivity (Wildman–Crippen MR) is 126 cm³/mol. The summed E-state index contributed by atoms with van der Waals surface area (Å²) >= 11 is 0. The number of ether oxygens (including phenoxy) is 2. The van der Waals surface area contributed by atoms with Gasteiger partial charge in [-0.3, -0.25) is 4.72 Å². The highest BCUT2D eigenvalue weighted by molar-refractivity contribution is 7.92. The third kappa shape index (κ3) is 5.79. The van der Waals surface area contributed by atoms with Crippen LogP contribution in [0.2, 0.25) is 0 Å². The minimum Gasteiger partial charge on any atom is -0.493 e. The molecule has 0 aliphatic rings. The highest BCUT2D eigenvalue weighted by Crippen LogP contribution is 2.41. The number of hydrogen-bond acceptors (Lipinski definition) is 8. The van der Waals surface area contributed by atoms with Gasteiger partial charge >= 0.3 is 0 Å². The first-order valence-corrected chi connectivity index (χ1v) is 12.0. The molecule has 0 fully saturated rings. The minimum absolute atomic E-state index is 0.120. The molecule has 1 aromatic heterocycles. The molecule has 0 radical (unpaired) electrons. The van der Waals surface area contributed by atoms with E-state index >= 15 is 0 Å². The SMILES string of the molecule is CCOc1cc(Cc2cnc(N)nc2N)cc(OCC)c1-c1cccc(NS(C)(=O)=O)c1. The van der Waals surface area contributed by atoms with Crippen LogP contribution in [0.15, 0.2) is 42.6 Å². The number of nitrogens with zero attached hydrogens (tertiary/aromatic N) is 2. The highest BCUT2D eigenvalue weighted by Gasteiger charge is 2.17. The van der Waals surface area contributed by atoms with Gasteiger partial charge in [-0.25, -0.2) is 13.4 Å². The van der Waals surface area contributed by atoms with Crippen molar-refractivity contribution in [1.29, 1.82) is 0 Å². The number of rotatable bonds is 9. The van der Waals surface area contributed by atoms with Gasteiger partial charge in [0.05, 0.1) is 25.0 Å². The number of nitrogen functional groups attached to an aromatic ring is 2. The second kappa shape index (κ2) is 9.73. The summed E-state index contributed by atoms with van der Waals surface area (Å²) in [6.45, 7) is 4.67. The summed E-state index contributed by atoms with van der Waals surface area (Å²) in [5, 5.41) is 0. The van der Waals surface area contributed by atoms with Crippen LogP contribution >= 0.6 is 0 Å². The van der Waals surface area contributed by atoms with Gasteiger partial charge in [-0.1, -0.05) is 12.1 Å². The zero-order valence-electron chi connectivity index (χ0n) is 18.3. The lowest BCUT2D eigenvalue weighted by Gasteiger charge is -2.18. The standard InChI is InChI=1S/C22H27N5O4S/c1-4-30-18-10-14(9-16-13-25-22(24)26-21(16)23)11-19(31-5-2)20(18)15-7-6-8-17(12-15)27-32(3,28)29/h6-8,10-13,27H,4-5,9H2,1-3H3,(H4,23,24,25,26). The smallest absolute Gasteiger partial charge is 0.229 e. The lowest BCUT2D eigenvalue weighted by Crippen LogP contribution is -2.09. The van der Waals surface area contributed by atoms with Crippen LogP contribution in [-0.2, 0) is 16.4 Å². The summed E-state index contributed by atoms with van der Waals surface area (Å²) in [5.41, 5.74) is 15.2. The summed E-state index contributed by atoms with van der Waals surface area (Å²) in [6, 6.07) is 10.9. The van der Waals surface area contributed by atoms with Gasteiger partial charge in [0.15, 0.2) is 0 Å². The van der Waals surface area contributed by atoms with Crippen LogP contribution in [0, 0.1) is 0 Å². The number of anilines is 3. The van der Waals surface area contributed by atoms with Crippen molar-refractivity contribution < 1.29 is 17.9 Å². The van der Waals surface area contributed by atoms with Crippen molar-refractivity contribution in [1.82, 2.24) is 9.97 Å². The first kappa shape index (κ1) is 23.1. The maximum atomic E-state index is 11.7. The van der Waals surface area contributed by atoms with Crippen molar-refractivity contribution >= 4 is 27.5 Å². The molecule has 0 saturated carbocycles. The Morgan fingerprint density at radius 3 is 2.25 bits per heavy atom. The zero-order chi connectivity index (χ0) is 23.3. The van der Waals surface area contributed by atoms with Gasteiger partial charge in [-0.2, -0.15) is 4.98 Å². The Labute approximate surface area is 187 Å². The third-order valence-electron chi connectivity index (χ3n) is 4.49. The van der Waals surface area contributed by atoms with Gasteiger partial charge in [0, 0.05) is 23.9 Å². The lowest BCUT2D eigenvalue weighted by molar-refractivity contribution is 0.325. The summed E-state index contributed by atoms with van der Waals surface area (Å²) in [6.07, 6.45) is 3.17. The molecule has 0 atom stereocenters. The molecule has 170 valence electrons. The molecule has 3 rings (SSSR count). The van der Waals surface area contributed by atoms with Crippen molar-refractivity contribution in [3.8, 4) is 22.6 Å². The Kier molecular flexibility index (Phi) is 7.04. The molecule has 0 spiro atoms. The fourth-order valence-electron chi connectivity index (χ4n) is 3.31. The van der Waals surface area contributed by atoms with Crippen LogP contribution in [-0.4, -0.2) is 37.9 Å². The topological polar surface area (TPSA) is 142 Å². The summed E-state index contributed by atoms with van der Waals surface area (Å²) in [7, 11) is -3.41. The van der Waals surface area contributed by atoms with Gasteiger partial charge in [0.25, 0.3) is 0 Å². The van der Waals surface area contributed by atoms with Crippen molar-refractivity contribution in [2.24, 2.45) is 0 Å². The van der Waals surface area contributed by atoms with E-state index in [9.17, 15) is 8.42 Å². The van der Waals surface area contributed by atoms with E-state index in [-0.39, 0.29) is 5.95 Å². The van der Waals surface area contributed by atoms with Crippen molar-refractivity contribution in [2.75, 3.05) is 35.7 Å². The number of aromatic nitrogens is 2. The van der Waals surface area contributed by atoms with E-state index in [1.54, 1.807) is 24.4 Å². The van der Waals surface area contributed by atoms with E-state index in [0.29, 0.717) is 42.6 Å². The second-order valence-electron chi connectivity index (χ2n) is 7.10. The van der Waals surface area contributed by atoms with Crippen LogP contribution < -0.4 is 25.7 Å². The Bertz CT molecular complexity index is 1190. The Morgan fingerprint density at radius 2 is 1.69 bits per heavy atom. The number of nitrogens with one attached hydrogen (secondary N) is 1. The highest BCUT2D eigenvalue weighted by atomic mass is 32.2. The summed E-state index contributed by atoms with van der Waals surface area (Å²) in [5.74, 6) is 1.66. The van der Waals surface area contributed by atoms with E-state index in [1.807, 2.05) is 32.0 Å². The van der Waals surface area contributed by atoms with E-state index in [4.69, 9.17) is 20.9 Å². The van der Waals surface area contributed by atoms with Crippen LogP contribution in [0.3, 0.4) is 0 Å². The first-order chi connectivity index (χ1) is 15.2. The Morgan fingerprint density at radius 1 is 1.03 bits per heavy atom. The second-order valence-corrected chi connectivity index (χ2v) is 8.85. The third-order valence-corrected chi connectivity index (χ3v) is 5.10. The number of hydrogen-bond donors (Lipinski definition) is 3. The lowest BCUT2D eigenvalue weighted by atomic mass is 9.98. The van der Waals surface area contributed by atoms with E-state index in [1.165, 1.54) is 0 Å². The van der Waals surface area contributed by atoms with Crippen molar-refractivity contribution in [3.05, 3.63) is 53.7 Å². The Balaban J connectivity index is 2.10. The molecule has 0 bridgehead atoms. The van der Waals surface area contributed by atoms with Crippen LogP contribution in [0.1, 0.15) is 25.0 Å². The molecule has 0 aliphatic heterocycles. The molecular weight excluding hydrogens is 430 g/mol. The molecule has 10 heteroatoms. The molecule has 0 amide bonds. The average Bonchev–Trinajstić information content (AvgIpc) is 2.69. The fourth-order valence-corrected chi connectivity index (χ4v) is 3.87. The average molecular weight is 458 g/mol. The van der Waals surface area contributed by atoms with Crippen molar-refractivity contribution in [3.63, 3.8) is 0 Å². The molecule has 32 heavy (non-hydrogen) atoms. The molecule has 2 aromatic carbocycles. The van der Waals surface area contributed by atoms with Crippen molar-refractivity contribution in [2.45, 2.75) is 20.3 Å². The van der Waals surface area contributed by atoms with Gasteiger partial charge in [-0.05, 0) is 49.2 Å². The number of nitrogens with two attached hydrogens (primary N) is 2. The van der Waals surface area contributed by atoms with Gasteiger partial charge in [0.2, 0.25) is 16.0 Å². The van der Waals surface area contributed by atoms with Crippen LogP contribution in [0.4, 0.5) is 17.5 Å². The molecule has 1 heterocycles. The maximum Gasteiger partial charge on any atom is 0.229 e. The molecule has 0 unspecified atom stereocenters. The van der Waals surface area contributed by atoms with Gasteiger partial charge < -0.3 is 20.9 Å². The predicted octanol–water partition coefficient (Wildman–Crippen LogP) is 3.07. The Hall–Kier alpha value is -3.53. The van der Waals surface area contributed by atoms with E-state index < -0.39 is 10.0 Å². The van der Waals surface area contributed by atoms with Gasteiger partial charge in [0.1, 0.15) is 17.3 Å². The minimum atomic E-state index is -3.41. The molecular formula is C22H27N5O4S. The molecule has 0 aliphatic carbocycles. The molecule has 3 aromatic rings. The molecule has 0 saturated heterocycles. The van der Waals surface area contributed by atoms with E-state index in [2.05, 4.69) is 14.7 Å². The van der Waals surface area contributed by atoms with Gasteiger partial charge in [-0.15, -0.1) is 0 Å².